The number of furan rings is 1. The molecule has 11 aromatic rings. The van der Waals surface area contributed by atoms with E-state index in [0.717, 1.165) is 99.8 Å². The van der Waals surface area contributed by atoms with Crippen LogP contribution < -0.4 is 0 Å². The molecule has 8 aromatic carbocycles. The molecule has 266 valence electrons. The molecule has 0 aliphatic rings. The first kappa shape index (κ1) is 32.7. The van der Waals surface area contributed by atoms with Gasteiger partial charge in [0.2, 0.25) is 0 Å². The Balaban J connectivity index is 0.957. The van der Waals surface area contributed by atoms with Gasteiger partial charge in [0.05, 0.1) is 22.6 Å². The predicted octanol–water partition coefficient (Wildman–Crippen LogP) is 14.1. The molecule has 3 aromatic heterocycles. The Kier molecular flexibility index (Phi) is 7.78. The Labute approximate surface area is 329 Å². The molecule has 0 bridgehead atoms. The van der Waals surface area contributed by atoms with Gasteiger partial charge in [-0.3, -0.25) is 0 Å². The lowest BCUT2D eigenvalue weighted by atomic mass is 9.94. The van der Waals surface area contributed by atoms with Crippen molar-refractivity contribution in [1.29, 1.82) is 0 Å². The van der Waals surface area contributed by atoms with E-state index in [1.165, 1.54) is 5.39 Å². The van der Waals surface area contributed by atoms with Gasteiger partial charge in [-0.2, -0.15) is 0 Å². The highest BCUT2D eigenvalue weighted by Gasteiger charge is 2.19. The van der Waals surface area contributed by atoms with Gasteiger partial charge < -0.3 is 4.42 Å². The summed E-state index contributed by atoms with van der Waals surface area (Å²) in [5, 5.41) is 5.59. The Morgan fingerprint density at radius 3 is 1.47 bits per heavy atom. The van der Waals surface area contributed by atoms with Gasteiger partial charge in [-0.05, 0) is 64.0 Å². The molecule has 0 amide bonds. The second kappa shape index (κ2) is 13.6. The summed E-state index contributed by atoms with van der Waals surface area (Å²) in [6, 6.07) is 69.7. The smallest absolute Gasteiger partial charge is 0.160 e. The third-order valence-electron chi connectivity index (χ3n) is 10.9. The highest BCUT2D eigenvalue weighted by molar-refractivity contribution is 6.27. The Morgan fingerprint density at radius 1 is 0.298 bits per heavy atom. The first-order chi connectivity index (χ1) is 28.2. The molecular formula is C53H33N3O. The minimum absolute atomic E-state index is 0.711. The van der Waals surface area contributed by atoms with E-state index >= 15 is 0 Å². The van der Waals surface area contributed by atoms with Crippen molar-refractivity contribution in [3.05, 3.63) is 200 Å². The second-order valence-electron chi connectivity index (χ2n) is 14.4. The molecule has 0 aliphatic carbocycles. The van der Waals surface area contributed by atoms with E-state index in [0.29, 0.717) is 5.82 Å². The normalized spacial score (nSPS) is 11.5. The number of para-hydroxylation sites is 1. The van der Waals surface area contributed by atoms with Crippen LogP contribution in [-0.4, -0.2) is 15.0 Å². The number of pyridine rings is 1. The molecule has 0 spiro atoms. The molecule has 0 unspecified atom stereocenters. The summed E-state index contributed by atoms with van der Waals surface area (Å²) in [7, 11) is 0. The highest BCUT2D eigenvalue weighted by Crippen LogP contribution is 2.42. The minimum atomic E-state index is 0.711. The number of benzene rings is 8. The molecule has 0 fully saturated rings. The molecule has 0 radical (unpaired) electrons. The predicted molar refractivity (Wildman–Crippen MR) is 235 cm³/mol. The molecule has 0 saturated carbocycles. The van der Waals surface area contributed by atoms with E-state index in [-0.39, 0.29) is 0 Å². The Morgan fingerprint density at radius 2 is 0.807 bits per heavy atom. The van der Waals surface area contributed by atoms with Crippen LogP contribution in [0.25, 0.3) is 111 Å². The van der Waals surface area contributed by atoms with Gasteiger partial charge in [0.1, 0.15) is 11.2 Å². The van der Waals surface area contributed by atoms with Crippen molar-refractivity contribution in [2.24, 2.45) is 0 Å². The summed E-state index contributed by atoms with van der Waals surface area (Å²) in [6.45, 7) is 0. The fourth-order valence-corrected chi connectivity index (χ4v) is 8.06. The van der Waals surface area contributed by atoms with Crippen LogP contribution in [0.3, 0.4) is 0 Å². The zero-order valence-electron chi connectivity index (χ0n) is 30.8. The van der Waals surface area contributed by atoms with Gasteiger partial charge >= 0.3 is 0 Å². The van der Waals surface area contributed by atoms with Crippen LogP contribution in [0, 0.1) is 0 Å². The lowest BCUT2D eigenvalue weighted by molar-refractivity contribution is 0.669. The van der Waals surface area contributed by atoms with Gasteiger partial charge in [0.15, 0.2) is 5.82 Å². The lowest BCUT2D eigenvalue weighted by Crippen LogP contribution is -1.95. The number of aromatic nitrogens is 3. The first-order valence-electron chi connectivity index (χ1n) is 19.2. The van der Waals surface area contributed by atoms with Gasteiger partial charge in [-0.15, -0.1) is 0 Å². The molecule has 0 N–H and O–H groups in total. The third kappa shape index (κ3) is 5.83. The van der Waals surface area contributed by atoms with Gasteiger partial charge in [-0.1, -0.05) is 164 Å². The number of hydrogen-bond acceptors (Lipinski definition) is 4. The Hall–Kier alpha value is -7.69. The maximum atomic E-state index is 6.50. The van der Waals surface area contributed by atoms with Gasteiger partial charge in [-0.25, -0.2) is 15.0 Å². The van der Waals surface area contributed by atoms with Gasteiger partial charge in [0.25, 0.3) is 0 Å². The van der Waals surface area contributed by atoms with Crippen LogP contribution in [0.15, 0.2) is 205 Å². The number of fused-ring (bicyclic) bond motifs is 7. The lowest BCUT2D eigenvalue weighted by Gasteiger charge is -2.11. The van der Waals surface area contributed by atoms with Crippen molar-refractivity contribution in [2.75, 3.05) is 0 Å². The number of nitrogens with zero attached hydrogens (tertiary/aromatic N) is 3. The zero-order valence-corrected chi connectivity index (χ0v) is 30.8. The van der Waals surface area contributed by atoms with Crippen LogP contribution in [0.1, 0.15) is 0 Å². The van der Waals surface area contributed by atoms with E-state index in [4.69, 9.17) is 19.4 Å². The van der Waals surface area contributed by atoms with Crippen molar-refractivity contribution in [2.45, 2.75) is 0 Å². The Bertz CT molecular complexity index is 3190. The van der Waals surface area contributed by atoms with E-state index in [1.807, 2.05) is 42.5 Å². The summed E-state index contributed by atoms with van der Waals surface area (Å²) >= 11 is 0. The van der Waals surface area contributed by atoms with Crippen LogP contribution in [0.2, 0.25) is 0 Å². The maximum Gasteiger partial charge on any atom is 0.160 e. The summed E-state index contributed by atoms with van der Waals surface area (Å²) < 4.78 is 6.50. The SMILES string of the molecule is c1ccc(-c2cc(-c3ccc(-c4ccc(-c5ccc6oc7ccc8c9ccccc9nc(-c9ccccc9)c8c7c6c5)cc4)cc3)nc(-c3ccccc3)n2)cc1. The van der Waals surface area contributed by atoms with Crippen molar-refractivity contribution >= 4 is 43.6 Å². The quantitative estimate of drug-likeness (QED) is 0.160. The fourth-order valence-electron chi connectivity index (χ4n) is 8.06. The molecule has 0 aliphatic heterocycles. The molecular weight excluding hydrogens is 695 g/mol. The summed E-state index contributed by atoms with van der Waals surface area (Å²) in [5.41, 5.74) is 14.2. The maximum absolute atomic E-state index is 6.50. The summed E-state index contributed by atoms with van der Waals surface area (Å²) in [4.78, 5) is 15.2. The van der Waals surface area contributed by atoms with E-state index < -0.39 is 0 Å². The van der Waals surface area contributed by atoms with Crippen LogP contribution in [0.4, 0.5) is 0 Å². The topological polar surface area (TPSA) is 51.8 Å². The van der Waals surface area contributed by atoms with Crippen LogP contribution in [0.5, 0.6) is 0 Å². The molecule has 4 heteroatoms. The second-order valence-corrected chi connectivity index (χ2v) is 14.4. The third-order valence-corrected chi connectivity index (χ3v) is 10.9. The first-order valence-corrected chi connectivity index (χ1v) is 19.2. The van der Waals surface area contributed by atoms with Crippen molar-refractivity contribution in [3.8, 4) is 67.4 Å². The average Bonchev–Trinajstić information content (AvgIpc) is 3.68. The molecule has 57 heavy (non-hydrogen) atoms. The van der Waals surface area contributed by atoms with Crippen molar-refractivity contribution in [3.63, 3.8) is 0 Å². The molecule has 4 nitrogen and oxygen atoms in total. The average molecular weight is 728 g/mol. The van der Waals surface area contributed by atoms with E-state index in [9.17, 15) is 0 Å². The van der Waals surface area contributed by atoms with Crippen molar-refractivity contribution < 1.29 is 4.42 Å². The highest BCUT2D eigenvalue weighted by atomic mass is 16.3. The number of rotatable bonds is 6. The molecule has 3 heterocycles. The fraction of sp³-hybridized carbons (Fsp3) is 0. The number of hydrogen-bond donors (Lipinski definition) is 0. The summed E-state index contributed by atoms with van der Waals surface area (Å²) in [5.74, 6) is 0.711. The molecule has 0 saturated heterocycles. The van der Waals surface area contributed by atoms with Crippen LogP contribution >= 0.6 is 0 Å². The van der Waals surface area contributed by atoms with Gasteiger partial charge in [0, 0.05) is 43.8 Å². The zero-order chi connectivity index (χ0) is 37.7. The standard InChI is InChI=1S/C53H33N3O/c1-4-12-37(13-5-1)46-33-47(56-53(55-46)40-16-8-3-9-17-40)38-26-24-35(25-27-38)34-20-22-36(23-21-34)41-28-30-48-44(32-41)50-49(57-48)31-29-43-42-18-10-11-19-45(42)54-52(51(43)50)39-14-6-2-7-15-39/h1-33H. The molecule has 0 atom stereocenters. The molecule has 11 rings (SSSR count). The summed E-state index contributed by atoms with van der Waals surface area (Å²) in [6.07, 6.45) is 0. The van der Waals surface area contributed by atoms with Crippen molar-refractivity contribution in [1.82, 2.24) is 15.0 Å². The monoisotopic (exact) mass is 727 g/mol. The van der Waals surface area contributed by atoms with E-state index in [2.05, 4.69) is 158 Å². The van der Waals surface area contributed by atoms with E-state index in [1.54, 1.807) is 0 Å². The minimum Gasteiger partial charge on any atom is -0.456 e. The van der Waals surface area contributed by atoms with Crippen LogP contribution in [-0.2, 0) is 0 Å². The largest absolute Gasteiger partial charge is 0.456 e.